The van der Waals surface area contributed by atoms with Gasteiger partial charge in [0.25, 0.3) is 0 Å². The van der Waals surface area contributed by atoms with Crippen molar-refractivity contribution in [2.24, 2.45) is 14.1 Å². The number of rotatable bonds is 0. The van der Waals surface area contributed by atoms with Gasteiger partial charge in [-0.2, -0.15) is 0 Å². The first-order valence-electron chi connectivity index (χ1n) is 16.6. The molecule has 0 spiro atoms. The van der Waals surface area contributed by atoms with Gasteiger partial charge >= 0.3 is 0 Å². The van der Waals surface area contributed by atoms with Gasteiger partial charge in [-0.05, 0) is 24.3 Å². The zero-order chi connectivity index (χ0) is 33.1. The van der Waals surface area contributed by atoms with Gasteiger partial charge in [-0.1, -0.05) is 177 Å². The summed E-state index contributed by atoms with van der Waals surface area (Å²) in [6.45, 7) is 28.0. The Kier molecular flexibility index (Phi) is 32.4. The van der Waals surface area contributed by atoms with Crippen LogP contribution in [0.1, 0.15) is 104 Å². The molecule has 242 valence electrons. The van der Waals surface area contributed by atoms with Crippen LogP contribution in [-0.4, -0.2) is 9.13 Å². The highest BCUT2D eigenvalue weighted by atomic mass is 14.9. The maximum atomic E-state index is 2.24. The lowest BCUT2D eigenvalue weighted by Gasteiger charge is -1.95. The molecule has 0 fully saturated rings. The van der Waals surface area contributed by atoms with E-state index in [-0.39, 0.29) is 7.43 Å². The minimum absolute atomic E-state index is 0. The predicted molar refractivity (Wildman–Crippen MR) is 207 cm³/mol. The van der Waals surface area contributed by atoms with Gasteiger partial charge in [0.1, 0.15) is 0 Å². The number of benzene rings is 4. The molecule has 6 aromatic rings. The average molecular weight is 589 g/mol. The Morgan fingerprint density at radius 2 is 0.419 bits per heavy atom. The van der Waals surface area contributed by atoms with Crippen LogP contribution in [0.5, 0.6) is 0 Å². The molecule has 0 unspecified atom stereocenters. The lowest BCUT2D eigenvalue weighted by atomic mass is 10.2. The summed E-state index contributed by atoms with van der Waals surface area (Å²) in [6, 6.07) is 34.1. The minimum atomic E-state index is 0. The van der Waals surface area contributed by atoms with E-state index in [1.807, 2.05) is 96.9 Å². The molecule has 2 nitrogen and oxygen atoms in total. The van der Waals surface area contributed by atoms with Crippen LogP contribution in [0, 0.1) is 0 Å². The predicted octanol–water partition coefficient (Wildman–Crippen LogP) is 14.5. The highest BCUT2D eigenvalue weighted by molar-refractivity contribution is 6.08. The van der Waals surface area contributed by atoms with E-state index >= 15 is 0 Å². The molecular weight excluding hydrogens is 520 g/mol. The Bertz CT molecular complexity index is 1220. The van der Waals surface area contributed by atoms with Crippen LogP contribution < -0.4 is 0 Å². The van der Waals surface area contributed by atoms with Crippen LogP contribution in [0.15, 0.2) is 97.1 Å². The zero-order valence-corrected chi connectivity index (χ0v) is 30.1. The van der Waals surface area contributed by atoms with Crippen molar-refractivity contribution in [2.75, 3.05) is 0 Å². The minimum Gasteiger partial charge on any atom is -0.344 e. The fraction of sp³-hybridized carbons (Fsp3) is 0.415. The second-order valence-corrected chi connectivity index (χ2v) is 7.19. The monoisotopic (exact) mass is 589 g/mol. The fourth-order valence-electron chi connectivity index (χ4n) is 4.24. The van der Waals surface area contributed by atoms with Gasteiger partial charge in [-0.15, -0.1) is 0 Å². The summed E-state index contributed by atoms with van der Waals surface area (Å²) in [5, 5.41) is 5.35. The van der Waals surface area contributed by atoms with Crippen molar-refractivity contribution in [3.05, 3.63) is 97.1 Å². The third-order valence-electron chi connectivity index (χ3n) is 5.64. The Labute approximate surface area is 267 Å². The molecule has 0 aliphatic carbocycles. The highest BCUT2D eigenvalue weighted by Crippen LogP contribution is 2.28. The third kappa shape index (κ3) is 12.3. The first-order valence-corrected chi connectivity index (χ1v) is 16.6. The van der Waals surface area contributed by atoms with Crippen molar-refractivity contribution in [2.45, 2.75) is 104 Å². The summed E-state index contributed by atoms with van der Waals surface area (Å²) in [5.74, 6) is 0. The van der Waals surface area contributed by atoms with Gasteiger partial charge < -0.3 is 9.13 Å². The Morgan fingerprint density at radius 1 is 0.279 bits per heavy atom. The summed E-state index contributed by atoms with van der Waals surface area (Å²) in [5.41, 5.74) is 5.20. The molecule has 43 heavy (non-hydrogen) atoms. The smallest absolute Gasteiger partial charge is 0.0488 e. The largest absolute Gasteiger partial charge is 0.344 e. The summed E-state index contributed by atoms with van der Waals surface area (Å²) in [4.78, 5) is 0. The molecule has 0 radical (unpaired) electrons. The van der Waals surface area contributed by atoms with Crippen molar-refractivity contribution in [1.29, 1.82) is 0 Å². The Morgan fingerprint density at radius 3 is 0.581 bits per heavy atom. The molecule has 2 heteroatoms. The standard InChI is InChI=1S/2C13H11N.7C2H6.CH4/c2*1-14-12-8-4-2-6-10(12)11-7-3-5-9-13(11)14;7*1-2;/h2*2-9H,1H3;7*1-2H3;1H4. The molecule has 0 saturated carbocycles. The molecule has 4 aromatic carbocycles. The maximum absolute atomic E-state index is 2.24. The molecule has 2 heterocycles. The number of para-hydroxylation sites is 4. The lowest BCUT2D eigenvalue weighted by molar-refractivity contribution is 1.01. The number of aromatic nitrogens is 2. The van der Waals surface area contributed by atoms with E-state index in [0.717, 1.165) is 0 Å². The summed E-state index contributed by atoms with van der Waals surface area (Å²) >= 11 is 0. The molecule has 0 bridgehead atoms. The van der Waals surface area contributed by atoms with E-state index in [9.17, 15) is 0 Å². The van der Waals surface area contributed by atoms with Crippen molar-refractivity contribution in [1.82, 2.24) is 9.13 Å². The van der Waals surface area contributed by atoms with Crippen molar-refractivity contribution >= 4 is 43.6 Å². The zero-order valence-electron chi connectivity index (χ0n) is 30.1. The second kappa shape index (κ2) is 30.0. The van der Waals surface area contributed by atoms with Gasteiger partial charge in [-0.3, -0.25) is 0 Å². The highest BCUT2D eigenvalue weighted by Gasteiger charge is 2.06. The van der Waals surface area contributed by atoms with E-state index in [0.29, 0.717) is 0 Å². The van der Waals surface area contributed by atoms with Crippen molar-refractivity contribution < 1.29 is 0 Å². The fourth-order valence-corrected chi connectivity index (χ4v) is 4.24. The molecule has 0 amide bonds. The van der Waals surface area contributed by atoms with Crippen molar-refractivity contribution in [3.8, 4) is 0 Å². The van der Waals surface area contributed by atoms with Crippen LogP contribution in [0.3, 0.4) is 0 Å². The summed E-state index contributed by atoms with van der Waals surface area (Å²) < 4.78 is 4.48. The SMILES string of the molecule is C.CC.CC.CC.CC.CC.CC.CC.Cn1c2ccccc2c2ccccc21.Cn1c2ccccc2c2ccccc21. The van der Waals surface area contributed by atoms with E-state index in [1.165, 1.54) is 43.6 Å². The number of aryl methyl sites for hydroxylation is 2. The number of hydrogen-bond acceptors (Lipinski definition) is 0. The van der Waals surface area contributed by atoms with Crippen LogP contribution in [0.4, 0.5) is 0 Å². The summed E-state index contributed by atoms with van der Waals surface area (Å²) in [6.07, 6.45) is 0. The van der Waals surface area contributed by atoms with E-state index in [4.69, 9.17) is 0 Å². The molecule has 0 saturated heterocycles. The first-order chi connectivity index (χ1) is 20.8. The molecule has 2 aromatic heterocycles. The number of nitrogens with zero attached hydrogens (tertiary/aromatic N) is 2. The number of fused-ring (bicyclic) bond motifs is 6. The third-order valence-corrected chi connectivity index (χ3v) is 5.64. The van der Waals surface area contributed by atoms with Gasteiger partial charge in [0.15, 0.2) is 0 Å². The first kappa shape index (κ1) is 46.4. The second-order valence-electron chi connectivity index (χ2n) is 7.19. The van der Waals surface area contributed by atoms with Crippen LogP contribution >= 0.6 is 0 Å². The number of hydrogen-bond donors (Lipinski definition) is 0. The van der Waals surface area contributed by atoms with Gasteiger partial charge in [0.2, 0.25) is 0 Å². The van der Waals surface area contributed by atoms with Gasteiger partial charge in [-0.25, -0.2) is 0 Å². The van der Waals surface area contributed by atoms with E-state index in [1.54, 1.807) is 0 Å². The molecule has 0 aliphatic rings. The lowest BCUT2D eigenvalue weighted by Crippen LogP contribution is -1.84. The van der Waals surface area contributed by atoms with Crippen LogP contribution in [0.2, 0.25) is 0 Å². The van der Waals surface area contributed by atoms with E-state index < -0.39 is 0 Å². The van der Waals surface area contributed by atoms with Gasteiger partial charge in [0.05, 0.1) is 0 Å². The molecule has 6 rings (SSSR count). The van der Waals surface area contributed by atoms with Gasteiger partial charge in [0, 0.05) is 57.7 Å². The molecular formula is C41H68N2. The van der Waals surface area contributed by atoms with Crippen LogP contribution in [-0.2, 0) is 14.1 Å². The van der Waals surface area contributed by atoms with E-state index in [2.05, 4.69) is 120 Å². The summed E-state index contributed by atoms with van der Waals surface area (Å²) in [7, 11) is 4.23. The maximum Gasteiger partial charge on any atom is 0.0488 e. The molecule has 0 atom stereocenters. The van der Waals surface area contributed by atoms with Crippen molar-refractivity contribution in [3.63, 3.8) is 0 Å². The van der Waals surface area contributed by atoms with Crippen LogP contribution in [0.25, 0.3) is 43.6 Å². The topological polar surface area (TPSA) is 9.86 Å². The molecule has 0 N–H and O–H groups in total. The molecule has 0 aliphatic heterocycles. The average Bonchev–Trinajstić information content (AvgIpc) is 3.59. The quantitative estimate of drug-likeness (QED) is 0.167. The normalized spacial score (nSPS) is 8.28. The Balaban J connectivity index is -0.000000248. The Hall–Kier alpha value is -3.52.